The first-order valence-electron chi connectivity index (χ1n) is 7.41. The number of halogens is 2. The van der Waals surface area contributed by atoms with Gasteiger partial charge in [-0.25, -0.2) is 4.79 Å². The molecule has 0 N–H and O–H groups in total. The van der Waals surface area contributed by atoms with Gasteiger partial charge in [0.05, 0.1) is 23.4 Å². The predicted octanol–water partition coefficient (Wildman–Crippen LogP) is 4.21. The van der Waals surface area contributed by atoms with Crippen LogP contribution in [-0.4, -0.2) is 32.1 Å². The third-order valence-electron chi connectivity index (χ3n) is 3.55. The molecule has 2 rings (SSSR count). The minimum absolute atomic E-state index is 0.289. The normalized spacial score (nSPS) is 11.6. The topological polar surface area (TPSA) is 55.8 Å². The first-order chi connectivity index (χ1) is 11.8. The Morgan fingerprint density at radius 3 is 2.44 bits per heavy atom. The standard InChI is InChI=1S/C18H17Cl2NO4/c1-11(25-16-9-8-12(19)10-14(16)20)17(22)21(2)15-7-5-4-6-13(15)18(23)24-3/h4-11H,1-3H3. The van der Waals surface area contributed by atoms with E-state index in [9.17, 15) is 9.59 Å². The number of hydrogen-bond acceptors (Lipinski definition) is 4. The summed E-state index contributed by atoms with van der Waals surface area (Å²) in [6.45, 7) is 1.60. The van der Waals surface area contributed by atoms with Crippen molar-refractivity contribution in [2.75, 3.05) is 19.1 Å². The van der Waals surface area contributed by atoms with Gasteiger partial charge in [-0.15, -0.1) is 0 Å². The number of carbonyl (C=O) groups excluding carboxylic acids is 2. The molecule has 1 amide bonds. The Morgan fingerprint density at radius 2 is 1.80 bits per heavy atom. The van der Waals surface area contributed by atoms with Crippen LogP contribution in [0.2, 0.25) is 10.0 Å². The molecule has 7 heteroatoms. The number of ether oxygens (including phenoxy) is 2. The molecular weight excluding hydrogens is 365 g/mol. The molecule has 0 radical (unpaired) electrons. The molecule has 0 aliphatic carbocycles. The van der Waals surface area contributed by atoms with Gasteiger partial charge in [-0.1, -0.05) is 35.3 Å². The molecule has 5 nitrogen and oxygen atoms in total. The lowest BCUT2D eigenvalue weighted by atomic mass is 10.1. The predicted molar refractivity (Wildman–Crippen MR) is 97.7 cm³/mol. The number of esters is 1. The van der Waals surface area contributed by atoms with Gasteiger partial charge < -0.3 is 14.4 Å². The average Bonchev–Trinajstić information content (AvgIpc) is 2.62. The summed E-state index contributed by atoms with van der Waals surface area (Å²) in [5.41, 5.74) is 0.717. The van der Waals surface area contributed by atoms with Gasteiger partial charge in [0.2, 0.25) is 0 Å². The summed E-state index contributed by atoms with van der Waals surface area (Å²) in [5, 5.41) is 0.783. The van der Waals surface area contributed by atoms with Gasteiger partial charge in [0.25, 0.3) is 5.91 Å². The maximum Gasteiger partial charge on any atom is 0.339 e. The third kappa shape index (κ3) is 4.44. The van der Waals surface area contributed by atoms with Crippen molar-refractivity contribution in [3.05, 3.63) is 58.1 Å². The van der Waals surface area contributed by atoms with E-state index in [2.05, 4.69) is 0 Å². The number of likely N-dealkylation sites (N-methyl/N-ethyl adjacent to an activating group) is 1. The molecule has 132 valence electrons. The highest BCUT2D eigenvalue weighted by atomic mass is 35.5. The van der Waals surface area contributed by atoms with Crippen LogP contribution >= 0.6 is 23.2 Å². The number of methoxy groups -OCH3 is 1. The lowest BCUT2D eigenvalue weighted by Crippen LogP contribution is -2.38. The van der Waals surface area contributed by atoms with Gasteiger partial charge in [0.1, 0.15) is 5.75 Å². The summed E-state index contributed by atoms with van der Waals surface area (Å²) in [4.78, 5) is 25.9. The summed E-state index contributed by atoms with van der Waals surface area (Å²) < 4.78 is 10.4. The van der Waals surface area contributed by atoms with E-state index in [1.165, 1.54) is 18.1 Å². The summed E-state index contributed by atoms with van der Waals surface area (Å²) in [5.74, 6) is -0.520. The van der Waals surface area contributed by atoms with Crippen LogP contribution in [0.5, 0.6) is 5.75 Å². The van der Waals surface area contributed by atoms with E-state index in [0.29, 0.717) is 21.5 Å². The second-order valence-electron chi connectivity index (χ2n) is 5.24. The van der Waals surface area contributed by atoms with E-state index in [4.69, 9.17) is 32.7 Å². The van der Waals surface area contributed by atoms with Gasteiger partial charge >= 0.3 is 5.97 Å². The fourth-order valence-corrected chi connectivity index (χ4v) is 2.70. The Morgan fingerprint density at radius 1 is 1.12 bits per heavy atom. The second kappa shape index (κ2) is 8.23. The van der Waals surface area contributed by atoms with Crippen molar-refractivity contribution in [2.45, 2.75) is 13.0 Å². The molecule has 2 aromatic carbocycles. The van der Waals surface area contributed by atoms with Crippen molar-refractivity contribution in [3.63, 3.8) is 0 Å². The van der Waals surface area contributed by atoms with Crippen LogP contribution in [-0.2, 0) is 9.53 Å². The molecule has 25 heavy (non-hydrogen) atoms. The Kier molecular flexibility index (Phi) is 6.28. The zero-order valence-electron chi connectivity index (χ0n) is 14.0. The highest BCUT2D eigenvalue weighted by Gasteiger charge is 2.24. The second-order valence-corrected chi connectivity index (χ2v) is 6.08. The van der Waals surface area contributed by atoms with Crippen LogP contribution < -0.4 is 9.64 Å². The zero-order chi connectivity index (χ0) is 18.6. The minimum atomic E-state index is -0.825. The summed E-state index contributed by atoms with van der Waals surface area (Å²) >= 11 is 11.9. The fraction of sp³-hybridized carbons (Fsp3) is 0.222. The van der Waals surface area contributed by atoms with Gasteiger partial charge in [0, 0.05) is 12.1 Å². The van der Waals surface area contributed by atoms with Crippen molar-refractivity contribution in [1.29, 1.82) is 0 Å². The molecule has 0 aromatic heterocycles. The number of hydrogen-bond donors (Lipinski definition) is 0. The van der Waals surface area contributed by atoms with Crippen molar-refractivity contribution in [2.24, 2.45) is 0 Å². The monoisotopic (exact) mass is 381 g/mol. The quantitative estimate of drug-likeness (QED) is 0.727. The van der Waals surface area contributed by atoms with E-state index in [1.54, 1.807) is 50.4 Å². The Balaban J connectivity index is 2.21. The number of rotatable bonds is 5. The number of para-hydroxylation sites is 1. The first-order valence-corrected chi connectivity index (χ1v) is 8.17. The van der Waals surface area contributed by atoms with Crippen molar-refractivity contribution in [1.82, 2.24) is 0 Å². The van der Waals surface area contributed by atoms with Crippen molar-refractivity contribution >= 4 is 40.8 Å². The summed E-state index contributed by atoms with van der Waals surface area (Å²) in [7, 11) is 2.85. The maximum absolute atomic E-state index is 12.7. The van der Waals surface area contributed by atoms with E-state index in [1.807, 2.05) is 0 Å². The van der Waals surface area contributed by atoms with Gasteiger partial charge in [-0.3, -0.25) is 4.79 Å². The number of carbonyl (C=O) groups is 2. The number of nitrogens with zero attached hydrogens (tertiary/aromatic N) is 1. The van der Waals surface area contributed by atoms with Gasteiger partial charge in [0.15, 0.2) is 6.10 Å². The van der Waals surface area contributed by atoms with E-state index in [0.717, 1.165) is 0 Å². The van der Waals surface area contributed by atoms with Crippen LogP contribution in [0.15, 0.2) is 42.5 Å². The maximum atomic E-state index is 12.7. The Hall–Kier alpha value is -2.24. The molecule has 0 bridgehead atoms. The lowest BCUT2D eigenvalue weighted by molar-refractivity contribution is -0.124. The van der Waals surface area contributed by atoms with Gasteiger partial charge in [-0.05, 0) is 37.3 Å². The molecule has 2 aromatic rings. The SMILES string of the molecule is COC(=O)c1ccccc1N(C)C(=O)C(C)Oc1ccc(Cl)cc1Cl. The highest BCUT2D eigenvalue weighted by Crippen LogP contribution is 2.29. The van der Waals surface area contributed by atoms with Crippen LogP contribution in [0.1, 0.15) is 17.3 Å². The molecule has 1 unspecified atom stereocenters. The molecule has 0 heterocycles. The molecule has 1 atom stereocenters. The first kappa shape index (κ1) is 19.1. The molecule has 0 fully saturated rings. The smallest absolute Gasteiger partial charge is 0.339 e. The van der Waals surface area contributed by atoms with Crippen molar-refractivity contribution < 1.29 is 19.1 Å². The van der Waals surface area contributed by atoms with E-state index >= 15 is 0 Å². The average molecular weight is 382 g/mol. The van der Waals surface area contributed by atoms with Gasteiger partial charge in [-0.2, -0.15) is 0 Å². The lowest BCUT2D eigenvalue weighted by Gasteiger charge is -2.24. The number of amides is 1. The molecular formula is C18H17Cl2NO4. The van der Waals surface area contributed by atoms with Crippen LogP contribution in [0.4, 0.5) is 5.69 Å². The highest BCUT2D eigenvalue weighted by molar-refractivity contribution is 6.35. The number of benzene rings is 2. The molecule has 0 saturated heterocycles. The molecule has 0 spiro atoms. The Labute approximate surface area is 156 Å². The Bertz CT molecular complexity index is 794. The largest absolute Gasteiger partial charge is 0.479 e. The molecule has 0 aliphatic rings. The van der Waals surface area contributed by atoms with Crippen LogP contribution in [0.3, 0.4) is 0 Å². The van der Waals surface area contributed by atoms with Crippen LogP contribution in [0, 0.1) is 0 Å². The summed E-state index contributed by atoms with van der Waals surface area (Å²) in [6.07, 6.45) is -0.825. The fourth-order valence-electron chi connectivity index (χ4n) is 2.25. The van der Waals surface area contributed by atoms with E-state index in [-0.39, 0.29) is 11.5 Å². The van der Waals surface area contributed by atoms with Crippen molar-refractivity contribution in [3.8, 4) is 5.75 Å². The molecule has 0 saturated carbocycles. The van der Waals surface area contributed by atoms with Crippen LogP contribution in [0.25, 0.3) is 0 Å². The van der Waals surface area contributed by atoms with E-state index < -0.39 is 12.1 Å². The third-order valence-corrected chi connectivity index (χ3v) is 4.08. The summed E-state index contributed by atoms with van der Waals surface area (Å²) in [6, 6.07) is 11.4. The number of anilines is 1. The zero-order valence-corrected chi connectivity index (χ0v) is 15.5. The minimum Gasteiger partial charge on any atom is -0.479 e. The molecule has 0 aliphatic heterocycles.